The predicted molar refractivity (Wildman–Crippen MR) is 131 cm³/mol. The Labute approximate surface area is 201 Å². The van der Waals surface area contributed by atoms with Crippen molar-refractivity contribution in [2.45, 2.75) is 44.6 Å². The van der Waals surface area contributed by atoms with Gasteiger partial charge < -0.3 is 15.3 Å². The van der Waals surface area contributed by atoms with Crippen molar-refractivity contribution in [3.63, 3.8) is 0 Å². The van der Waals surface area contributed by atoms with E-state index in [4.69, 9.17) is 4.98 Å². The molecule has 0 saturated carbocycles. The van der Waals surface area contributed by atoms with Crippen molar-refractivity contribution < 1.29 is 14.7 Å². The van der Waals surface area contributed by atoms with Crippen LogP contribution in [-0.4, -0.2) is 64.5 Å². The first-order valence-electron chi connectivity index (χ1n) is 12.6. The monoisotopic (exact) mass is 462 g/mol. The molecule has 180 valence electrons. The summed E-state index contributed by atoms with van der Waals surface area (Å²) in [6.07, 6.45) is 5.95. The Morgan fingerprint density at radius 3 is 2.62 bits per heavy atom. The third-order valence-electron chi connectivity index (χ3n) is 7.66. The number of hydrogen-bond donors (Lipinski definition) is 2. The number of hydrogen-bond acceptors (Lipinski definition) is 5. The average Bonchev–Trinajstić information content (AvgIpc) is 3.34. The van der Waals surface area contributed by atoms with Crippen molar-refractivity contribution >= 4 is 17.7 Å². The van der Waals surface area contributed by atoms with Crippen LogP contribution in [0.25, 0.3) is 0 Å². The number of amides is 1. The van der Waals surface area contributed by atoms with Crippen LogP contribution in [0.4, 0.5) is 5.82 Å². The van der Waals surface area contributed by atoms with E-state index in [2.05, 4.69) is 17.4 Å². The van der Waals surface area contributed by atoms with E-state index < -0.39 is 12.0 Å². The van der Waals surface area contributed by atoms with Crippen LogP contribution in [0.15, 0.2) is 42.5 Å². The number of piperidine rings is 1. The molecule has 5 rings (SSSR count). The zero-order valence-corrected chi connectivity index (χ0v) is 19.7. The zero-order valence-electron chi connectivity index (χ0n) is 19.7. The van der Waals surface area contributed by atoms with E-state index in [0.717, 1.165) is 68.8 Å². The molecule has 4 heterocycles. The number of likely N-dealkylation sites (tertiary alicyclic amines) is 2. The second kappa shape index (κ2) is 10.1. The molecule has 1 aromatic heterocycles. The lowest BCUT2D eigenvalue weighted by molar-refractivity contribution is -0.144. The van der Waals surface area contributed by atoms with E-state index in [1.165, 1.54) is 12.0 Å². The van der Waals surface area contributed by atoms with Gasteiger partial charge in [0, 0.05) is 38.4 Å². The first kappa shape index (κ1) is 22.8. The quantitative estimate of drug-likeness (QED) is 0.685. The molecule has 0 radical (unpaired) electrons. The van der Waals surface area contributed by atoms with Gasteiger partial charge in [-0.3, -0.25) is 14.5 Å². The molecular formula is C27H34N4O3. The van der Waals surface area contributed by atoms with Crippen molar-refractivity contribution in [1.82, 2.24) is 14.8 Å². The molecule has 34 heavy (non-hydrogen) atoms. The van der Waals surface area contributed by atoms with Crippen LogP contribution in [0, 0.1) is 11.8 Å². The maximum absolute atomic E-state index is 13.2. The summed E-state index contributed by atoms with van der Waals surface area (Å²) in [6, 6.07) is 13.0. The predicted octanol–water partition coefficient (Wildman–Crippen LogP) is 3.37. The van der Waals surface area contributed by atoms with Gasteiger partial charge in [0.25, 0.3) is 0 Å². The lowest BCUT2D eigenvalue weighted by Crippen LogP contribution is -2.43. The summed E-state index contributed by atoms with van der Waals surface area (Å²) < 4.78 is 0. The molecule has 3 aliphatic rings. The second-order valence-corrected chi connectivity index (χ2v) is 9.95. The van der Waals surface area contributed by atoms with Gasteiger partial charge in [-0.15, -0.1) is 0 Å². The maximum Gasteiger partial charge on any atom is 0.325 e. The van der Waals surface area contributed by atoms with Crippen LogP contribution in [-0.2, 0) is 22.4 Å². The topological polar surface area (TPSA) is 85.8 Å². The summed E-state index contributed by atoms with van der Waals surface area (Å²) in [6.45, 7) is 3.71. The number of carboxylic acids is 1. The fourth-order valence-corrected chi connectivity index (χ4v) is 5.76. The van der Waals surface area contributed by atoms with Gasteiger partial charge in [0.15, 0.2) is 0 Å². The smallest absolute Gasteiger partial charge is 0.325 e. The molecule has 2 saturated heterocycles. The Hall–Kier alpha value is -2.93. The summed E-state index contributed by atoms with van der Waals surface area (Å²) >= 11 is 0. The van der Waals surface area contributed by atoms with Gasteiger partial charge in [0.05, 0.1) is 5.92 Å². The number of aryl methyl sites for hydroxylation is 1. The number of rotatable bonds is 6. The minimum atomic E-state index is -0.855. The van der Waals surface area contributed by atoms with Gasteiger partial charge in [-0.1, -0.05) is 36.4 Å². The van der Waals surface area contributed by atoms with Crippen molar-refractivity contribution in [3.05, 3.63) is 59.3 Å². The first-order valence-corrected chi connectivity index (χ1v) is 12.6. The van der Waals surface area contributed by atoms with Crippen LogP contribution in [0.3, 0.4) is 0 Å². The van der Waals surface area contributed by atoms with Gasteiger partial charge in [-0.2, -0.15) is 0 Å². The number of carbonyl (C=O) groups excluding carboxylic acids is 1. The van der Waals surface area contributed by atoms with Crippen LogP contribution in [0.5, 0.6) is 0 Å². The van der Waals surface area contributed by atoms with E-state index >= 15 is 0 Å². The molecule has 0 aliphatic carbocycles. The summed E-state index contributed by atoms with van der Waals surface area (Å²) in [7, 11) is 0. The molecule has 0 spiro atoms. The highest BCUT2D eigenvalue weighted by Gasteiger charge is 2.38. The summed E-state index contributed by atoms with van der Waals surface area (Å²) in [5.74, 6) is 0.820. The number of nitrogens with one attached hydrogen (secondary N) is 1. The van der Waals surface area contributed by atoms with Gasteiger partial charge in [0.2, 0.25) is 5.91 Å². The lowest BCUT2D eigenvalue weighted by Gasteiger charge is -2.34. The van der Waals surface area contributed by atoms with Crippen molar-refractivity contribution in [2.24, 2.45) is 11.8 Å². The van der Waals surface area contributed by atoms with Gasteiger partial charge in [-0.25, -0.2) is 4.98 Å². The van der Waals surface area contributed by atoms with Crippen molar-refractivity contribution in [1.29, 1.82) is 0 Å². The molecule has 7 nitrogen and oxygen atoms in total. The summed E-state index contributed by atoms with van der Waals surface area (Å²) in [4.78, 5) is 34.0. The van der Waals surface area contributed by atoms with E-state index in [1.807, 2.05) is 40.1 Å². The van der Waals surface area contributed by atoms with Crippen LogP contribution in [0.1, 0.15) is 48.5 Å². The van der Waals surface area contributed by atoms with Gasteiger partial charge >= 0.3 is 5.97 Å². The molecule has 1 aromatic carbocycles. The highest BCUT2D eigenvalue weighted by Crippen LogP contribution is 2.31. The Kier molecular flexibility index (Phi) is 6.81. The van der Waals surface area contributed by atoms with Crippen LogP contribution >= 0.6 is 0 Å². The highest BCUT2D eigenvalue weighted by atomic mass is 16.4. The number of anilines is 1. The number of nitrogens with zero attached hydrogens (tertiary/aromatic N) is 3. The summed E-state index contributed by atoms with van der Waals surface area (Å²) in [5, 5.41) is 13.2. The standard InChI is InChI=1S/C27H34N4O3/c32-26(22-12-16-31(18-22)24(27(33)34)20-5-2-1-3-6-20)30-14-10-19(11-15-30)17-23-9-8-21-7-4-13-28-25(21)29-23/h1-3,5-6,8-9,19,22,24H,4,7,10-18H2,(H,28,29)(H,33,34)/t22-,24+/m0/s1. The van der Waals surface area contributed by atoms with E-state index in [0.29, 0.717) is 19.0 Å². The number of fused-ring (bicyclic) bond motifs is 1. The van der Waals surface area contributed by atoms with E-state index in [9.17, 15) is 14.7 Å². The molecule has 0 unspecified atom stereocenters. The molecule has 1 amide bonds. The second-order valence-electron chi connectivity index (χ2n) is 9.95. The summed E-state index contributed by atoms with van der Waals surface area (Å²) in [5.41, 5.74) is 3.23. The third kappa shape index (κ3) is 4.94. The number of aromatic nitrogens is 1. The fourth-order valence-electron chi connectivity index (χ4n) is 5.76. The Morgan fingerprint density at radius 2 is 1.85 bits per heavy atom. The zero-order chi connectivity index (χ0) is 23.5. The molecule has 2 fully saturated rings. The highest BCUT2D eigenvalue weighted by molar-refractivity contribution is 5.80. The Bertz CT molecular complexity index is 1020. The number of carboxylic acid groups (broad SMARTS) is 1. The molecule has 2 atom stereocenters. The molecular weight excluding hydrogens is 428 g/mol. The Morgan fingerprint density at radius 1 is 1.06 bits per heavy atom. The Balaban J connectivity index is 1.14. The molecule has 0 bridgehead atoms. The number of aliphatic carboxylic acids is 1. The first-order chi connectivity index (χ1) is 16.6. The minimum Gasteiger partial charge on any atom is -0.480 e. The minimum absolute atomic E-state index is 0.115. The van der Waals surface area contributed by atoms with E-state index in [-0.39, 0.29) is 11.8 Å². The van der Waals surface area contributed by atoms with E-state index in [1.54, 1.807) is 0 Å². The van der Waals surface area contributed by atoms with Gasteiger partial charge in [0.1, 0.15) is 11.9 Å². The average molecular weight is 463 g/mol. The normalized spacial score (nSPS) is 22.1. The lowest BCUT2D eigenvalue weighted by atomic mass is 9.91. The third-order valence-corrected chi connectivity index (χ3v) is 7.66. The van der Waals surface area contributed by atoms with Crippen molar-refractivity contribution in [2.75, 3.05) is 38.0 Å². The largest absolute Gasteiger partial charge is 0.480 e. The van der Waals surface area contributed by atoms with Crippen LogP contribution in [0.2, 0.25) is 0 Å². The van der Waals surface area contributed by atoms with Crippen LogP contribution < -0.4 is 5.32 Å². The molecule has 2 N–H and O–H groups in total. The molecule has 3 aliphatic heterocycles. The molecule has 7 heteroatoms. The fraction of sp³-hybridized carbons (Fsp3) is 0.519. The number of pyridine rings is 1. The maximum atomic E-state index is 13.2. The van der Waals surface area contributed by atoms with Crippen molar-refractivity contribution in [3.8, 4) is 0 Å². The number of benzene rings is 1. The molecule has 2 aromatic rings. The SMILES string of the molecule is O=C(O)[C@@H](c1ccccc1)N1CC[C@H](C(=O)N2CCC(Cc3ccc4c(n3)NCCC4)CC2)C1. The number of carbonyl (C=O) groups is 2. The van der Waals surface area contributed by atoms with Gasteiger partial charge in [-0.05, 0) is 61.6 Å².